The maximum atomic E-state index is 13.6. The van der Waals surface area contributed by atoms with Crippen molar-refractivity contribution in [1.29, 1.82) is 0 Å². The molecule has 0 saturated carbocycles. The van der Waals surface area contributed by atoms with Gasteiger partial charge >= 0.3 is 0 Å². The number of likely N-dealkylation sites (tertiary alicyclic amines) is 2. The van der Waals surface area contributed by atoms with E-state index in [2.05, 4.69) is 58.7 Å². The van der Waals surface area contributed by atoms with E-state index in [4.69, 9.17) is 9.47 Å². The number of fused-ring (bicyclic) bond motifs is 3. The number of methoxy groups -OCH3 is 2. The molecule has 0 radical (unpaired) electrons. The van der Waals surface area contributed by atoms with Crippen LogP contribution in [0.15, 0.2) is 95.9 Å². The molecule has 0 aromatic heterocycles. The van der Waals surface area contributed by atoms with Crippen LogP contribution in [0.3, 0.4) is 0 Å². The van der Waals surface area contributed by atoms with Crippen molar-refractivity contribution in [2.45, 2.75) is 68.3 Å². The van der Waals surface area contributed by atoms with Gasteiger partial charge in [0.05, 0.1) is 50.3 Å². The quantitative estimate of drug-likeness (QED) is 0.190. The van der Waals surface area contributed by atoms with Crippen LogP contribution in [-0.2, 0) is 45.2 Å². The number of hydrogen-bond donors (Lipinski definition) is 2. The number of piperidine rings is 2. The number of ether oxygens (including phenoxy) is 2. The molecular formula is C46H64N4O4S+2. The molecule has 3 N–H and O–H groups in total. The Labute approximate surface area is 330 Å². The van der Waals surface area contributed by atoms with Gasteiger partial charge in [-0.3, -0.25) is 4.90 Å². The van der Waals surface area contributed by atoms with Crippen LogP contribution >= 0.6 is 0 Å². The Morgan fingerprint density at radius 3 is 1.91 bits per heavy atom. The number of rotatable bonds is 14. The molecule has 0 spiro atoms. The molecule has 4 aromatic carbocycles. The number of sulfonamides is 1. The zero-order valence-electron chi connectivity index (χ0n) is 33.2. The maximum absolute atomic E-state index is 13.6. The molecule has 2 fully saturated rings. The predicted octanol–water partition coefficient (Wildman–Crippen LogP) is 4.01. The van der Waals surface area contributed by atoms with Crippen molar-refractivity contribution in [3.63, 3.8) is 0 Å². The summed E-state index contributed by atoms with van der Waals surface area (Å²) in [6.45, 7) is 9.44. The lowest BCUT2D eigenvalue weighted by atomic mass is 9.95. The van der Waals surface area contributed by atoms with Gasteiger partial charge in [0.25, 0.3) is 0 Å². The first kappa shape index (κ1) is 40.1. The van der Waals surface area contributed by atoms with Crippen LogP contribution in [0.5, 0.6) is 0 Å². The zero-order valence-corrected chi connectivity index (χ0v) is 34.0. The Morgan fingerprint density at radius 1 is 0.709 bits per heavy atom. The minimum atomic E-state index is -3.59. The summed E-state index contributed by atoms with van der Waals surface area (Å²) in [6, 6.07) is 32.6. The highest BCUT2D eigenvalue weighted by Crippen LogP contribution is 2.30. The highest BCUT2D eigenvalue weighted by atomic mass is 32.2. The van der Waals surface area contributed by atoms with Gasteiger partial charge in [-0.25, -0.2) is 8.42 Å². The maximum Gasteiger partial charge on any atom is 0.243 e. The fourth-order valence-corrected chi connectivity index (χ4v) is 11.2. The summed E-state index contributed by atoms with van der Waals surface area (Å²) in [4.78, 5) is 4.84. The zero-order chi connectivity index (χ0) is 38.0. The van der Waals surface area contributed by atoms with E-state index in [-0.39, 0.29) is 0 Å². The average Bonchev–Trinajstić information content (AvgIpc) is 3.87. The molecule has 2 saturated heterocycles. The van der Waals surface area contributed by atoms with E-state index in [0.717, 1.165) is 74.7 Å². The van der Waals surface area contributed by atoms with E-state index in [1.165, 1.54) is 56.4 Å². The van der Waals surface area contributed by atoms with Crippen molar-refractivity contribution in [1.82, 2.24) is 9.21 Å². The third-order valence-corrected chi connectivity index (χ3v) is 14.8. The molecule has 2 heterocycles. The molecule has 0 atom stereocenters. The smallest absolute Gasteiger partial charge is 0.243 e. The molecule has 0 unspecified atom stereocenters. The number of nitrogens with two attached hydrogens (primary N) is 1. The molecule has 0 amide bonds. The standard InChI is InChI=1S/C28H34N2O3S.C18H28N2O/c1-33-17-16-30(34(31,32)28-11-10-23-6-2-3-9-26(23)20-28)21-22-12-14-29(15-13-22)27-18-24-7-4-5-8-25(24)19-27;1-21-11-8-19-14-15-6-9-20(10-7-15)18-12-16-4-2-3-5-17(16)13-18/h2-11,20,22,27H,12-19,21H2,1H3;2-5,15,18-19H,6-14H2,1H3/p+2. The van der Waals surface area contributed by atoms with Gasteiger partial charge in [-0.15, -0.1) is 0 Å². The van der Waals surface area contributed by atoms with E-state index in [1.807, 2.05) is 35.2 Å². The summed E-state index contributed by atoms with van der Waals surface area (Å²) < 4.78 is 39.2. The van der Waals surface area contributed by atoms with Crippen LogP contribution < -0.4 is 10.2 Å². The molecule has 8 rings (SSSR count). The average molecular weight is 769 g/mol. The molecule has 296 valence electrons. The Balaban J connectivity index is 0.000000190. The fraction of sp³-hybridized carbons (Fsp3) is 0.522. The van der Waals surface area contributed by atoms with E-state index in [1.54, 1.807) is 41.8 Å². The van der Waals surface area contributed by atoms with Crippen molar-refractivity contribution in [2.24, 2.45) is 11.8 Å². The van der Waals surface area contributed by atoms with Crippen molar-refractivity contribution in [3.05, 3.63) is 113 Å². The monoisotopic (exact) mass is 768 g/mol. The summed E-state index contributed by atoms with van der Waals surface area (Å²) in [5, 5.41) is 4.43. The molecule has 55 heavy (non-hydrogen) atoms. The van der Waals surface area contributed by atoms with Gasteiger partial charge in [-0.05, 0) is 89.8 Å². The molecule has 8 nitrogen and oxygen atoms in total. The highest BCUT2D eigenvalue weighted by molar-refractivity contribution is 7.89. The first-order valence-corrected chi connectivity index (χ1v) is 22.4. The van der Waals surface area contributed by atoms with Crippen LogP contribution in [0.4, 0.5) is 0 Å². The van der Waals surface area contributed by atoms with E-state index in [0.29, 0.717) is 36.6 Å². The van der Waals surface area contributed by atoms with Crippen LogP contribution in [0, 0.1) is 11.8 Å². The van der Waals surface area contributed by atoms with Crippen LogP contribution in [0.25, 0.3) is 10.8 Å². The van der Waals surface area contributed by atoms with Crippen LogP contribution in [-0.4, -0.2) is 109 Å². The second-order valence-corrected chi connectivity index (χ2v) is 18.4. The molecule has 0 bridgehead atoms. The number of nitrogens with zero attached hydrogens (tertiary/aromatic N) is 2. The second kappa shape index (κ2) is 19.3. The predicted molar refractivity (Wildman–Crippen MR) is 221 cm³/mol. The van der Waals surface area contributed by atoms with Crippen molar-refractivity contribution >= 4 is 20.8 Å². The molecule has 2 aliphatic heterocycles. The highest BCUT2D eigenvalue weighted by Gasteiger charge is 2.34. The topological polar surface area (TPSA) is 80.1 Å². The normalized spacial score (nSPS) is 21.1. The minimum Gasteiger partial charge on any atom is -0.383 e. The third kappa shape index (κ3) is 10.2. The largest absolute Gasteiger partial charge is 0.383 e. The summed E-state index contributed by atoms with van der Waals surface area (Å²) in [5.74, 6) is 1.29. The number of nitrogens with one attached hydrogen (secondary N) is 1. The lowest BCUT2D eigenvalue weighted by molar-refractivity contribution is -0.931. The Bertz CT molecular complexity index is 1870. The SMILES string of the molecule is COCCN(CC1CCN(C2Cc3ccccc3C2)CC1)S(=O)(=O)c1ccc2ccccc2c1.COCC[NH2+]CC1CC[NH+](C2Cc3ccccc3C2)CC1. The number of quaternary nitrogens is 2. The Hall–Kier alpha value is -3.15. The first-order chi connectivity index (χ1) is 26.9. The Morgan fingerprint density at radius 2 is 1.29 bits per heavy atom. The minimum absolute atomic E-state index is 0.364. The molecule has 2 aliphatic carbocycles. The van der Waals surface area contributed by atoms with E-state index < -0.39 is 10.0 Å². The number of benzene rings is 4. The molecule has 4 aliphatic rings. The molecule has 9 heteroatoms. The van der Waals surface area contributed by atoms with Crippen molar-refractivity contribution in [3.8, 4) is 0 Å². The fourth-order valence-electron chi connectivity index (χ4n) is 9.66. The van der Waals surface area contributed by atoms with Gasteiger partial charge in [-0.2, -0.15) is 4.31 Å². The number of hydrogen-bond acceptors (Lipinski definition) is 5. The van der Waals surface area contributed by atoms with Gasteiger partial charge in [0.2, 0.25) is 10.0 Å². The van der Waals surface area contributed by atoms with Gasteiger partial charge in [0, 0.05) is 65.0 Å². The van der Waals surface area contributed by atoms with Gasteiger partial charge < -0.3 is 19.7 Å². The summed E-state index contributed by atoms with van der Waals surface area (Å²) in [5.41, 5.74) is 6.18. The lowest BCUT2D eigenvalue weighted by Gasteiger charge is -2.37. The lowest BCUT2D eigenvalue weighted by Crippen LogP contribution is -3.17. The van der Waals surface area contributed by atoms with Crippen LogP contribution in [0.1, 0.15) is 47.9 Å². The van der Waals surface area contributed by atoms with Gasteiger partial charge in [-0.1, -0.05) is 78.9 Å². The third-order valence-electron chi connectivity index (χ3n) is 13.0. The van der Waals surface area contributed by atoms with E-state index >= 15 is 0 Å². The van der Waals surface area contributed by atoms with Crippen molar-refractivity contribution < 1.29 is 28.1 Å². The van der Waals surface area contributed by atoms with Crippen molar-refractivity contribution in [2.75, 3.05) is 79.8 Å². The first-order valence-electron chi connectivity index (χ1n) is 20.9. The van der Waals surface area contributed by atoms with E-state index in [9.17, 15) is 8.42 Å². The van der Waals surface area contributed by atoms with Gasteiger partial charge in [0.1, 0.15) is 0 Å². The Kier molecular flexibility index (Phi) is 14.1. The summed E-state index contributed by atoms with van der Waals surface area (Å²) in [7, 11) is -0.179. The second-order valence-electron chi connectivity index (χ2n) is 16.5. The summed E-state index contributed by atoms with van der Waals surface area (Å²) in [6.07, 6.45) is 9.75. The van der Waals surface area contributed by atoms with Crippen LogP contribution in [0.2, 0.25) is 0 Å². The van der Waals surface area contributed by atoms with Gasteiger partial charge in [0.15, 0.2) is 0 Å². The summed E-state index contributed by atoms with van der Waals surface area (Å²) >= 11 is 0. The molecule has 4 aromatic rings. The molecular weight excluding hydrogens is 705 g/mol.